The number of hydrogen-bond acceptors (Lipinski definition) is 3. The number of carbonyl (C=O) groups excluding carboxylic acids is 2. The van der Waals surface area contributed by atoms with Crippen LogP contribution in [0.2, 0.25) is 0 Å². The van der Waals surface area contributed by atoms with Crippen LogP contribution in [0.1, 0.15) is 39.7 Å². The van der Waals surface area contributed by atoms with Crippen LogP contribution in [-0.2, 0) is 20.9 Å². The molecule has 0 aliphatic heterocycles. The lowest BCUT2D eigenvalue weighted by atomic mass is 10.1. The molecular formula is C18H24N2O3. The van der Waals surface area contributed by atoms with Gasteiger partial charge in [-0.2, -0.15) is 0 Å². The lowest BCUT2D eigenvalue weighted by Gasteiger charge is -2.20. The minimum absolute atomic E-state index is 0.0808. The first-order valence-electron chi connectivity index (χ1n) is 7.81. The molecule has 0 saturated carbocycles. The molecule has 124 valence electrons. The van der Waals surface area contributed by atoms with Crippen molar-refractivity contribution in [1.82, 2.24) is 10.3 Å². The molecule has 0 fully saturated rings. The Morgan fingerprint density at radius 3 is 2.70 bits per heavy atom. The van der Waals surface area contributed by atoms with Gasteiger partial charge in [0.2, 0.25) is 5.91 Å². The van der Waals surface area contributed by atoms with Crippen LogP contribution in [0.25, 0.3) is 10.9 Å². The van der Waals surface area contributed by atoms with Gasteiger partial charge >= 0.3 is 5.97 Å². The second-order valence-electron chi connectivity index (χ2n) is 6.77. The fourth-order valence-electron chi connectivity index (χ4n) is 2.39. The molecule has 0 unspecified atom stereocenters. The van der Waals surface area contributed by atoms with E-state index in [-0.39, 0.29) is 18.3 Å². The summed E-state index contributed by atoms with van der Waals surface area (Å²) < 4.78 is 5.25. The van der Waals surface area contributed by atoms with Crippen molar-refractivity contribution < 1.29 is 14.3 Å². The van der Waals surface area contributed by atoms with Crippen molar-refractivity contribution in [3.63, 3.8) is 0 Å². The number of aromatic amines is 1. The first-order chi connectivity index (χ1) is 10.8. The van der Waals surface area contributed by atoms with Crippen molar-refractivity contribution in [3.8, 4) is 0 Å². The summed E-state index contributed by atoms with van der Waals surface area (Å²) in [5.41, 5.74) is 1.55. The summed E-state index contributed by atoms with van der Waals surface area (Å²) in [4.78, 5) is 27.1. The normalized spacial score (nSPS) is 12.9. The number of rotatable bonds is 5. The van der Waals surface area contributed by atoms with Crippen LogP contribution < -0.4 is 5.32 Å². The molecule has 0 spiro atoms. The van der Waals surface area contributed by atoms with Crippen LogP contribution in [0.4, 0.5) is 0 Å². The lowest BCUT2D eigenvalue weighted by molar-refractivity contribution is -0.157. The molecule has 1 heterocycles. The number of aromatic nitrogens is 1. The molecule has 0 aliphatic carbocycles. The summed E-state index contributed by atoms with van der Waals surface area (Å²) in [6.45, 7) is 7.61. The second-order valence-corrected chi connectivity index (χ2v) is 6.77. The maximum Gasteiger partial charge on any atom is 0.307 e. The van der Waals surface area contributed by atoms with Crippen LogP contribution in [0.15, 0.2) is 30.5 Å². The predicted molar refractivity (Wildman–Crippen MR) is 89.8 cm³/mol. The number of hydrogen-bond donors (Lipinski definition) is 2. The number of nitrogens with one attached hydrogen (secondary N) is 2. The van der Waals surface area contributed by atoms with Crippen LogP contribution in [0.5, 0.6) is 0 Å². The van der Waals surface area contributed by atoms with E-state index in [0.717, 1.165) is 16.5 Å². The SMILES string of the molecule is C[C@H](CC(=O)OC(C)(C)C)C(=O)NCc1cccc2[nH]ccc12. The van der Waals surface area contributed by atoms with Crippen molar-refractivity contribution >= 4 is 22.8 Å². The molecule has 0 aliphatic rings. The molecular weight excluding hydrogens is 292 g/mol. The van der Waals surface area contributed by atoms with Crippen LogP contribution in [-0.4, -0.2) is 22.5 Å². The summed E-state index contributed by atoms with van der Waals surface area (Å²) in [5, 5.41) is 3.98. The maximum atomic E-state index is 12.2. The zero-order chi connectivity index (χ0) is 17.0. The van der Waals surface area contributed by atoms with Crippen LogP contribution in [0, 0.1) is 5.92 Å². The zero-order valence-corrected chi connectivity index (χ0v) is 14.1. The van der Waals surface area contributed by atoms with E-state index in [9.17, 15) is 9.59 Å². The molecule has 2 rings (SSSR count). The Bertz CT molecular complexity index is 698. The van der Waals surface area contributed by atoms with Gasteiger partial charge in [0, 0.05) is 29.6 Å². The third-order valence-electron chi connectivity index (χ3n) is 3.48. The minimum atomic E-state index is -0.531. The average Bonchev–Trinajstić information content (AvgIpc) is 2.91. The van der Waals surface area contributed by atoms with E-state index in [2.05, 4.69) is 10.3 Å². The Hall–Kier alpha value is -2.30. The third-order valence-corrected chi connectivity index (χ3v) is 3.48. The molecule has 2 aromatic rings. The Kier molecular flexibility index (Phi) is 5.08. The van der Waals surface area contributed by atoms with E-state index >= 15 is 0 Å². The summed E-state index contributed by atoms with van der Waals surface area (Å²) in [6.07, 6.45) is 1.96. The quantitative estimate of drug-likeness (QED) is 0.832. The standard InChI is InChI=1S/C18H24N2O3/c1-12(10-16(21)23-18(2,3)4)17(22)20-11-13-6-5-7-15-14(13)8-9-19-15/h5-9,12,19H,10-11H2,1-4H3,(H,20,22)/t12-/m1/s1. The summed E-state index contributed by atoms with van der Waals surface area (Å²) >= 11 is 0. The topological polar surface area (TPSA) is 71.2 Å². The Labute approximate surface area is 136 Å². The molecule has 0 saturated heterocycles. The Morgan fingerprint density at radius 1 is 1.26 bits per heavy atom. The van der Waals surface area contributed by atoms with E-state index in [4.69, 9.17) is 4.74 Å². The first kappa shape index (κ1) is 17.1. The largest absolute Gasteiger partial charge is 0.460 e. The molecule has 5 nitrogen and oxygen atoms in total. The molecule has 0 radical (unpaired) electrons. The van der Waals surface area contributed by atoms with E-state index in [1.165, 1.54) is 0 Å². The van der Waals surface area contributed by atoms with Gasteiger partial charge in [0.15, 0.2) is 0 Å². The molecule has 1 amide bonds. The molecule has 1 aromatic heterocycles. The number of fused-ring (bicyclic) bond motifs is 1. The van der Waals surface area contributed by atoms with Gasteiger partial charge in [-0.15, -0.1) is 0 Å². The van der Waals surface area contributed by atoms with Gasteiger partial charge in [-0.25, -0.2) is 0 Å². The smallest absolute Gasteiger partial charge is 0.307 e. The monoisotopic (exact) mass is 316 g/mol. The molecule has 1 atom stereocenters. The number of ether oxygens (including phenoxy) is 1. The Balaban J connectivity index is 1.89. The number of benzene rings is 1. The third kappa shape index (κ3) is 4.84. The fourth-order valence-corrected chi connectivity index (χ4v) is 2.39. The van der Waals surface area contributed by atoms with Gasteiger partial charge in [-0.3, -0.25) is 9.59 Å². The van der Waals surface area contributed by atoms with Gasteiger partial charge in [-0.1, -0.05) is 19.1 Å². The molecule has 0 bridgehead atoms. The molecule has 5 heteroatoms. The van der Waals surface area contributed by atoms with Crippen molar-refractivity contribution in [1.29, 1.82) is 0 Å². The highest BCUT2D eigenvalue weighted by Gasteiger charge is 2.22. The van der Waals surface area contributed by atoms with Gasteiger partial charge in [0.05, 0.1) is 6.42 Å². The highest BCUT2D eigenvalue weighted by Crippen LogP contribution is 2.17. The van der Waals surface area contributed by atoms with Gasteiger partial charge in [-0.05, 0) is 38.5 Å². The molecule has 1 aromatic carbocycles. The summed E-state index contributed by atoms with van der Waals surface area (Å²) in [7, 11) is 0. The summed E-state index contributed by atoms with van der Waals surface area (Å²) in [5.74, 6) is -0.924. The second kappa shape index (κ2) is 6.86. The summed E-state index contributed by atoms with van der Waals surface area (Å²) in [6, 6.07) is 7.91. The van der Waals surface area contributed by atoms with E-state index in [0.29, 0.717) is 6.54 Å². The number of carbonyl (C=O) groups is 2. The molecule has 2 N–H and O–H groups in total. The molecule has 23 heavy (non-hydrogen) atoms. The average molecular weight is 316 g/mol. The van der Waals surface area contributed by atoms with Gasteiger partial charge < -0.3 is 15.0 Å². The van der Waals surface area contributed by atoms with Crippen LogP contribution in [0.3, 0.4) is 0 Å². The predicted octanol–water partition coefficient (Wildman–Crippen LogP) is 3.15. The first-order valence-corrected chi connectivity index (χ1v) is 7.81. The zero-order valence-electron chi connectivity index (χ0n) is 14.1. The Morgan fingerprint density at radius 2 is 2.00 bits per heavy atom. The van der Waals surface area contributed by atoms with E-state index in [1.807, 2.05) is 51.2 Å². The van der Waals surface area contributed by atoms with Gasteiger partial charge in [0.25, 0.3) is 0 Å². The van der Waals surface area contributed by atoms with Crippen molar-refractivity contribution in [2.45, 2.75) is 46.3 Å². The number of H-pyrrole nitrogens is 1. The van der Waals surface area contributed by atoms with E-state index < -0.39 is 11.5 Å². The minimum Gasteiger partial charge on any atom is -0.460 e. The van der Waals surface area contributed by atoms with Crippen molar-refractivity contribution in [2.75, 3.05) is 0 Å². The number of esters is 1. The maximum absolute atomic E-state index is 12.2. The lowest BCUT2D eigenvalue weighted by Crippen LogP contribution is -2.32. The van der Waals surface area contributed by atoms with E-state index in [1.54, 1.807) is 6.92 Å². The fraction of sp³-hybridized carbons (Fsp3) is 0.444. The van der Waals surface area contributed by atoms with Crippen molar-refractivity contribution in [2.24, 2.45) is 5.92 Å². The van der Waals surface area contributed by atoms with Crippen molar-refractivity contribution in [3.05, 3.63) is 36.0 Å². The number of amides is 1. The van der Waals surface area contributed by atoms with Gasteiger partial charge in [0.1, 0.15) is 5.60 Å². The van der Waals surface area contributed by atoms with Crippen LogP contribution >= 0.6 is 0 Å². The highest BCUT2D eigenvalue weighted by molar-refractivity contribution is 5.85. The highest BCUT2D eigenvalue weighted by atomic mass is 16.6.